The zero-order valence-electron chi connectivity index (χ0n) is 8.12. The minimum Gasteiger partial charge on any atom is -0.309 e. The minimum absolute atomic E-state index is 0.626. The van der Waals surface area contributed by atoms with Gasteiger partial charge in [0.2, 0.25) is 0 Å². The summed E-state index contributed by atoms with van der Waals surface area (Å²) >= 11 is 0. The van der Waals surface area contributed by atoms with Crippen LogP contribution in [0.5, 0.6) is 0 Å². The van der Waals surface area contributed by atoms with Crippen molar-refractivity contribution in [2.75, 3.05) is 20.6 Å². The molecule has 0 bridgehead atoms. The fraction of sp³-hybridized carbons (Fsp3) is 0.455. The Labute approximate surface area is 75.0 Å². The van der Waals surface area contributed by atoms with Crippen molar-refractivity contribution in [3.63, 3.8) is 0 Å². The van der Waals surface area contributed by atoms with Gasteiger partial charge in [-0.3, -0.25) is 0 Å². The normalized spacial score (nSPS) is 13.3. The maximum atomic E-state index is 2.26. The van der Waals surface area contributed by atoms with Crippen molar-refractivity contribution in [2.24, 2.45) is 0 Å². The van der Waals surface area contributed by atoms with Gasteiger partial charge in [0.1, 0.15) is 0 Å². The maximum absolute atomic E-state index is 2.26. The Hall–Kier alpha value is -0.820. The van der Waals surface area contributed by atoms with Crippen LogP contribution < -0.4 is 0 Å². The van der Waals surface area contributed by atoms with E-state index < -0.39 is 0 Å². The molecule has 0 aromatic heterocycles. The van der Waals surface area contributed by atoms with E-state index in [1.165, 1.54) is 5.56 Å². The van der Waals surface area contributed by atoms with Crippen molar-refractivity contribution in [2.45, 2.75) is 12.8 Å². The lowest BCUT2D eigenvalue weighted by atomic mass is 10.0. The first-order valence-corrected chi connectivity index (χ1v) is 4.40. The van der Waals surface area contributed by atoms with Gasteiger partial charge in [-0.1, -0.05) is 37.3 Å². The van der Waals surface area contributed by atoms with Crippen LogP contribution in [0.3, 0.4) is 0 Å². The molecule has 0 unspecified atom stereocenters. The van der Waals surface area contributed by atoms with Crippen LogP contribution in [0, 0.1) is 0 Å². The molecule has 66 valence electrons. The molecule has 0 N–H and O–H groups in total. The molecule has 0 saturated heterocycles. The Morgan fingerprint density at radius 3 is 2.25 bits per heavy atom. The van der Waals surface area contributed by atoms with Crippen LogP contribution in [0.4, 0.5) is 0 Å². The summed E-state index contributed by atoms with van der Waals surface area (Å²) in [4.78, 5) is 2.22. The zero-order valence-corrected chi connectivity index (χ0v) is 8.12. The van der Waals surface area contributed by atoms with E-state index in [0.29, 0.717) is 5.92 Å². The maximum Gasteiger partial charge on any atom is 0.00415 e. The lowest BCUT2D eigenvalue weighted by Crippen LogP contribution is -2.18. The average molecular weight is 163 g/mol. The summed E-state index contributed by atoms with van der Waals surface area (Å²) in [7, 11) is 4.22. The second-order valence-corrected chi connectivity index (χ2v) is 3.57. The SMILES string of the molecule is C[C@@H](CN(C)C)c1ccccc1. The second kappa shape index (κ2) is 4.27. The first-order valence-electron chi connectivity index (χ1n) is 4.40. The van der Waals surface area contributed by atoms with Gasteiger partial charge in [0, 0.05) is 6.54 Å². The Bertz CT molecular complexity index is 216. The highest BCUT2D eigenvalue weighted by molar-refractivity contribution is 5.18. The smallest absolute Gasteiger partial charge is 0.00415 e. The van der Waals surface area contributed by atoms with Gasteiger partial charge in [-0.05, 0) is 25.6 Å². The van der Waals surface area contributed by atoms with E-state index in [4.69, 9.17) is 0 Å². The molecule has 0 radical (unpaired) electrons. The van der Waals surface area contributed by atoms with Crippen LogP contribution in [0.15, 0.2) is 30.3 Å². The fourth-order valence-electron chi connectivity index (χ4n) is 1.43. The van der Waals surface area contributed by atoms with E-state index >= 15 is 0 Å². The van der Waals surface area contributed by atoms with E-state index in [2.05, 4.69) is 56.3 Å². The third-order valence-electron chi connectivity index (χ3n) is 2.01. The number of hydrogen-bond acceptors (Lipinski definition) is 1. The van der Waals surface area contributed by atoms with Gasteiger partial charge in [-0.15, -0.1) is 0 Å². The minimum atomic E-state index is 0.626. The molecule has 0 aliphatic carbocycles. The molecule has 0 aliphatic heterocycles. The molecular formula is C11H17N. The topological polar surface area (TPSA) is 3.24 Å². The Morgan fingerprint density at radius 1 is 1.17 bits per heavy atom. The summed E-state index contributed by atoms with van der Waals surface area (Å²) in [5.74, 6) is 0.626. The Balaban J connectivity index is 2.59. The van der Waals surface area contributed by atoms with Gasteiger partial charge < -0.3 is 4.90 Å². The number of likely N-dealkylation sites (N-methyl/N-ethyl adjacent to an activating group) is 1. The summed E-state index contributed by atoms with van der Waals surface area (Å²) in [5.41, 5.74) is 1.42. The van der Waals surface area contributed by atoms with E-state index in [1.807, 2.05) is 0 Å². The molecule has 1 atom stereocenters. The molecule has 0 spiro atoms. The van der Waals surface area contributed by atoms with Gasteiger partial charge in [0.25, 0.3) is 0 Å². The fourth-order valence-corrected chi connectivity index (χ4v) is 1.43. The predicted octanol–water partition coefficient (Wildman–Crippen LogP) is 2.35. The van der Waals surface area contributed by atoms with Gasteiger partial charge in [-0.25, -0.2) is 0 Å². The molecule has 0 heterocycles. The van der Waals surface area contributed by atoms with Gasteiger partial charge in [-0.2, -0.15) is 0 Å². The number of nitrogens with zero attached hydrogens (tertiary/aromatic N) is 1. The number of hydrogen-bond donors (Lipinski definition) is 0. The standard InChI is InChI=1S/C11H17N/c1-10(9-12(2)3)11-7-5-4-6-8-11/h4-8,10H,9H2,1-3H3/t10-/m0/s1. The first-order chi connectivity index (χ1) is 5.70. The molecule has 0 amide bonds. The molecule has 0 aliphatic rings. The van der Waals surface area contributed by atoms with Crippen molar-refractivity contribution in [1.29, 1.82) is 0 Å². The molecule has 1 rings (SSSR count). The molecule has 1 nitrogen and oxygen atoms in total. The summed E-state index contributed by atoms with van der Waals surface area (Å²) in [6, 6.07) is 10.6. The zero-order chi connectivity index (χ0) is 8.97. The van der Waals surface area contributed by atoms with Crippen molar-refractivity contribution in [1.82, 2.24) is 4.90 Å². The lowest BCUT2D eigenvalue weighted by molar-refractivity contribution is 0.383. The van der Waals surface area contributed by atoms with Crippen LogP contribution in [0.1, 0.15) is 18.4 Å². The summed E-state index contributed by atoms with van der Waals surface area (Å²) in [6.07, 6.45) is 0. The van der Waals surface area contributed by atoms with E-state index in [-0.39, 0.29) is 0 Å². The third-order valence-corrected chi connectivity index (χ3v) is 2.01. The first kappa shape index (κ1) is 9.27. The summed E-state index contributed by atoms with van der Waals surface area (Å²) < 4.78 is 0. The van der Waals surface area contributed by atoms with Crippen molar-refractivity contribution < 1.29 is 0 Å². The van der Waals surface area contributed by atoms with Crippen molar-refractivity contribution in [3.05, 3.63) is 35.9 Å². The van der Waals surface area contributed by atoms with E-state index in [0.717, 1.165) is 6.54 Å². The molecule has 0 saturated carbocycles. The average Bonchev–Trinajstić information content (AvgIpc) is 2.05. The second-order valence-electron chi connectivity index (χ2n) is 3.57. The van der Waals surface area contributed by atoms with Gasteiger partial charge in [0.15, 0.2) is 0 Å². The van der Waals surface area contributed by atoms with Crippen LogP contribution in [-0.4, -0.2) is 25.5 Å². The van der Waals surface area contributed by atoms with E-state index in [9.17, 15) is 0 Å². The summed E-state index contributed by atoms with van der Waals surface area (Å²) in [6.45, 7) is 3.37. The molecule has 1 aromatic carbocycles. The van der Waals surface area contributed by atoms with Crippen LogP contribution in [0.25, 0.3) is 0 Å². The van der Waals surface area contributed by atoms with Crippen LogP contribution in [0.2, 0.25) is 0 Å². The van der Waals surface area contributed by atoms with Crippen LogP contribution >= 0.6 is 0 Å². The largest absolute Gasteiger partial charge is 0.309 e. The van der Waals surface area contributed by atoms with Gasteiger partial charge in [0.05, 0.1) is 0 Å². The quantitative estimate of drug-likeness (QED) is 0.661. The molecule has 0 fully saturated rings. The highest BCUT2D eigenvalue weighted by Gasteiger charge is 2.04. The van der Waals surface area contributed by atoms with Crippen molar-refractivity contribution >= 4 is 0 Å². The van der Waals surface area contributed by atoms with Gasteiger partial charge >= 0.3 is 0 Å². The number of rotatable bonds is 3. The predicted molar refractivity (Wildman–Crippen MR) is 53.4 cm³/mol. The Morgan fingerprint density at radius 2 is 1.75 bits per heavy atom. The highest BCUT2D eigenvalue weighted by atomic mass is 15.1. The third kappa shape index (κ3) is 2.67. The highest BCUT2D eigenvalue weighted by Crippen LogP contribution is 2.14. The molecular weight excluding hydrogens is 146 g/mol. The van der Waals surface area contributed by atoms with Crippen LogP contribution in [-0.2, 0) is 0 Å². The molecule has 12 heavy (non-hydrogen) atoms. The monoisotopic (exact) mass is 163 g/mol. The Kier molecular flexibility index (Phi) is 3.30. The van der Waals surface area contributed by atoms with Crippen molar-refractivity contribution in [3.8, 4) is 0 Å². The number of benzene rings is 1. The van der Waals surface area contributed by atoms with E-state index in [1.54, 1.807) is 0 Å². The molecule has 1 aromatic rings. The summed E-state index contributed by atoms with van der Waals surface area (Å²) in [5, 5.41) is 0. The molecule has 1 heteroatoms. The lowest BCUT2D eigenvalue weighted by Gasteiger charge is -2.16.